The van der Waals surface area contributed by atoms with Gasteiger partial charge in [0.15, 0.2) is 5.78 Å². The van der Waals surface area contributed by atoms with Gasteiger partial charge in [-0.25, -0.2) is 0 Å². The van der Waals surface area contributed by atoms with Gasteiger partial charge in [0.05, 0.1) is 0 Å². The van der Waals surface area contributed by atoms with Gasteiger partial charge in [0.2, 0.25) is 0 Å². The highest BCUT2D eigenvalue weighted by Gasteiger charge is 2.17. The topological polar surface area (TPSA) is 29.5 Å². The lowest BCUT2D eigenvalue weighted by atomic mass is 10.0. The van der Waals surface area contributed by atoms with E-state index in [0.29, 0.717) is 13.0 Å². The molecule has 0 amide bonds. The molecule has 28 heavy (non-hydrogen) atoms. The van der Waals surface area contributed by atoms with Crippen molar-refractivity contribution >= 4 is 17.5 Å². The van der Waals surface area contributed by atoms with Gasteiger partial charge in [-0.2, -0.15) is 11.8 Å². The smallest absolute Gasteiger partial charge is 0.164 e. The fourth-order valence-corrected chi connectivity index (χ4v) is 4.66. The second kappa shape index (κ2) is 11.3. The Labute approximate surface area is 173 Å². The van der Waals surface area contributed by atoms with E-state index >= 15 is 0 Å². The van der Waals surface area contributed by atoms with Crippen LogP contribution in [0.5, 0.6) is 5.75 Å². The number of rotatable bonds is 10. The van der Waals surface area contributed by atoms with E-state index in [-0.39, 0.29) is 11.0 Å². The van der Waals surface area contributed by atoms with Crippen LogP contribution in [0.15, 0.2) is 54.6 Å². The molecule has 0 aromatic heterocycles. The largest absolute Gasteiger partial charge is 0.492 e. The number of piperidine rings is 1. The molecule has 3 rings (SSSR count). The van der Waals surface area contributed by atoms with Gasteiger partial charge in [-0.15, -0.1) is 0 Å². The Bertz CT molecular complexity index is 711. The molecule has 1 heterocycles. The Balaban J connectivity index is 1.51. The second-order valence-corrected chi connectivity index (χ2v) is 8.74. The van der Waals surface area contributed by atoms with E-state index < -0.39 is 0 Å². The van der Waals surface area contributed by atoms with Gasteiger partial charge in [0, 0.05) is 23.8 Å². The summed E-state index contributed by atoms with van der Waals surface area (Å²) in [5.41, 5.74) is 1.99. The summed E-state index contributed by atoms with van der Waals surface area (Å²) in [5, 5.41) is 0.208. The molecule has 0 aliphatic carbocycles. The molecule has 0 bridgehead atoms. The summed E-state index contributed by atoms with van der Waals surface area (Å²) < 4.78 is 5.88. The van der Waals surface area contributed by atoms with Crippen molar-refractivity contribution in [2.75, 3.05) is 32.0 Å². The normalized spacial score (nSPS) is 15.9. The van der Waals surface area contributed by atoms with Crippen molar-refractivity contribution < 1.29 is 9.53 Å². The summed E-state index contributed by atoms with van der Waals surface area (Å²) in [5.74, 6) is 2.03. The first kappa shape index (κ1) is 20.9. The predicted molar refractivity (Wildman–Crippen MR) is 118 cm³/mol. The number of nitrogens with zero attached hydrogens (tertiary/aromatic N) is 1. The molecule has 0 spiro atoms. The quantitative estimate of drug-likeness (QED) is 0.487. The van der Waals surface area contributed by atoms with Crippen LogP contribution in [0.3, 0.4) is 0 Å². The molecule has 1 unspecified atom stereocenters. The molecule has 1 saturated heterocycles. The van der Waals surface area contributed by atoms with E-state index in [1.165, 1.54) is 37.9 Å². The zero-order valence-corrected chi connectivity index (χ0v) is 17.6. The zero-order chi connectivity index (χ0) is 19.6. The Morgan fingerprint density at radius 2 is 1.75 bits per heavy atom. The van der Waals surface area contributed by atoms with Crippen LogP contribution in [0, 0.1) is 0 Å². The Kier molecular flexibility index (Phi) is 8.43. The minimum atomic E-state index is 0.190. The molecule has 1 fully saturated rings. The Hall–Kier alpha value is -1.78. The van der Waals surface area contributed by atoms with Crippen LogP contribution < -0.4 is 4.74 Å². The number of thioether (sulfide) groups is 1. The first-order chi connectivity index (χ1) is 13.8. The summed E-state index contributed by atoms with van der Waals surface area (Å²) in [6.45, 7) is 6.20. The van der Waals surface area contributed by atoms with Crippen molar-refractivity contribution in [3.8, 4) is 5.75 Å². The summed E-state index contributed by atoms with van der Waals surface area (Å²) in [6, 6.07) is 18.0. The molecule has 0 saturated carbocycles. The van der Waals surface area contributed by atoms with Gasteiger partial charge in [0.1, 0.15) is 12.4 Å². The number of carbonyl (C=O) groups is 1. The molecule has 3 nitrogen and oxygen atoms in total. The highest BCUT2D eigenvalue weighted by molar-refractivity contribution is 7.99. The minimum Gasteiger partial charge on any atom is -0.492 e. The molecule has 2 aromatic carbocycles. The van der Waals surface area contributed by atoms with Gasteiger partial charge in [-0.05, 0) is 61.5 Å². The number of ketones is 1. The average Bonchev–Trinajstić information content (AvgIpc) is 2.75. The van der Waals surface area contributed by atoms with E-state index in [1.54, 1.807) is 0 Å². The van der Waals surface area contributed by atoms with Crippen LogP contribution in [-0.4, -0.2) is 42.7 Å². The maximum Gasteiger partial charge on any atom is 0.164 e. The number of hydrogen-bond acceptors (Lipinski definition) is 4. The Morgan fingerprint density at radius 3 is 2.43 bits per heavy atom. The molecule has 2 aromatic rings. The number of hydrogen-bond donors (Lipinski definition) is 0. The number of likely N-dealkylation sites (tertiary alicyclic amines) is 1. The maximum absolute atomic E-state index is 12.8. The van der Waals surface area contributed by atoms with E-state index in [2.05, 4.69) is 24.0 Å². The van der Waals surface area contributed by atoms with Crippen LogP contribution in [0.1, 0.15) is 53.8 Å². The first-order valence-electron chi connectivity index (χ1n) is 10.4. The van der Waals surface area contributed by atoms with E-state index in [4.69, 9.17) is 4.74 Å². The third-order valence-electron chi connectivity index (χ3n) is 5.21. The van der Waals surface area contributed by atoms with E-state index in [1.807, 2.05) is 54.2 Å². The van der Waals surface area contributed by atoms with Crippen LogP contribution in [-0.2, 0) is 0 Å². The molecule has 0 N–H and O–H groups in total. The summed E-state index contributed by atoms with van der Waals surface area (Å²) >= 11 is 1.83. The van der Waals surface area contributed by atoms with Crippen LogP contribution in [0.4, 0.5) is 0 Å². The third-order valence-corrected chi connectivity index (χ3v) is 6.39. The molecular weight excluding hydrogens is 366 g/mol. The van der Waals surface area contributed by atoms with Crippen molar-refractivity contribution in [1.29, 1.82) is 0 Å². The van der Waals surface area contributed by atoms with Crippen molar-refractivity contribution in [2.24, 2.45) is 0 Å². The van der Waals surface area contributed by atoms with Crippen LogP contribution in [0.25, 0.3) is 0 Å². The van der Waals surface area contributed by atoms with Gasteiger partial charge >= 0.3 is 0 Å². The number of ether oxygens (including phenoxy) is 1. The van der Waals surface area contributed by atoms with Gasteiger partial charge in [-0.3, -0.25) is 9.69 Å². The van der Waals surface area contributed by atoms with Crippen LogP contribution >= 0.6 is 11.8 Å². The fourth-order valence-electron chi connectivity index (χ4n) is 3.64. The fraction of sp³-hybridized carbons (Fsp3) is 0.458. The van der Waals surface area contributed by atoms with Gasteiger partial charge in [-0.1, -0.05) is 43.7 Å². The molecule has 1 aliphatic heterocycles. The summed E-state index contributed by atoms with van der Waals surface area (Å²) in [7, 11) is 0. The maximum atomic E-state index is 12.8. The average molecular weight is 398 g/mol. The third kappa shape index (κ3) is 6.39. The monoisotopic (exact) mass is 397 g/mol. The molecule has 0 radical (unpaired) electrons. The second-order valence-electron chi connectivity index (χ2n) is 7.26. The highest BCUT2D eigenvalue weighted by atomic mass is 32.2. The molecule has 4 heteroatoms. The first-order valence-corrected chi connectivity index (χ1v) is 11.5. The molecular formula is C24H31NO2S. The Morgan fingerprint density at radius 1 is 1.04 bits per heavy atom. The molecule has 150 valence electrons. The highest BCUT2D eigenvalue weighted by Crippen LogP contribution is 2.33. The summed E-state index contributed by atoms with van der Waals surface area (Å²) in [4.78, 5) is 15.2. The molecule has 1 aliphatic rings. The van der Waals surface area contributed by atoms with E-state index in [9.17, 15) is 4.79 Å². The minimum absolute atomic E-state index is 0.190. The van der Waals surface area contributed by atoms with Crippen LogP contribution in [0.2, 0.25) is 0 Å². The van der Waals surface area contributed by atoms with Gasteiger partial charge < -0.3 is 4.74 Å². The van der Waals surface area contributed by atoms with Crippen molar-refractivity contribution in [1.82, 2.24) is 4.90 Å². The van der Waals surface area contributed by atoms with E-state index in [0.717, 1.165) is 23.6 Å². The predicted octanol–water partition coefficient (Wildman–Crippen LogP) is 5.62. The van der Waals surface area contributed by atoms with Crippen molar-refractivity contribution in [2.45, 2.75) is 37.9 Å². The number of carbonyl (C=O) groups excluding carboxylic acids is 1. The standard InChI is InChI=1S/C24H31NO2S/c1-2-28-24(21-9-5-3-6-10-21)19-23(26)20-11-13-22(14-12-20)27-18-17-25-15-7-4-8-16-25/h3,5-6,9-14,24H,2,4,7-8,15-19H2,1H3. The zero-order valence-electron chi connectivity index (χ0n) is 16.8. The lowest BCUT2D eigenvalue weighted by molar-refractivity contribution is 0.0982. The lowest BCUT2D eigenvalue weighted by Crippen LogP contribution is -2.33. The number of Topliss-reactive ketones (excluding diaryl/α,β-unsaturated/α-hetero) is 1. The van der Waals surface area contributed by atoms with Crippen molar-refractivity contribution in [3.63, 3.8) is 0 Å². The van der Waals surface area contributed by atoms with Crippen molar-refractivity contribution in [3.05, 3.63) is 65.7 Å². The van der Waals surface area contributed by atoms with Gasteiger partial charge in [0.25, 0.3) is 0 Å². The molecule has 1 atom stereocenters. The number of benzene rings is 2. The summed E-state index contributed by atoms with van der Waals surface area (Å²) in [6.07, 6.45) is 4.49. The lowest BCUT2D eigenvalue weighted by Gasteiger charge is -2.26. The SMILES string of the molecule is CCSC(CC(=O)c1ccc(OCCN2CCCCC2)cc1)c1ccccc1.